The quantitative estimate of drug-likeness (QED) is 0.505. The minimum Gasteiger partial charge on any atom is -0.380 e. The van der Waals surface area contributed by atoms with Crippen LogP contribution < -0.4 is 15.1 Å². The molecule has 6 heterocycles. The van der Waals surface area contributed by atoms with Gasteiger partial charge in [-0.1, -0.05) is 27.7 Å². The molecule has 0 bridgehead atoms. The van der Waals surface area contributed by atoms with Crippen molar-refractivity contribution in [1.29, 1.82) is 0 Å². The van der Waals surface area contributed by atoms with Gasteiger partial charge in [0.1, 0.15) is 17.5 Å². The molecular formula is C28H39N7O. The number of anilines is 4. The van der Waals surface area contributed by atoms with Crippen LogP contribution in [0.15, 0.2) is 30.7 Å². The Labute approximate surface area is 214 Å². The van der Waals surface area contributed by atoms with E-state index in [2.05, 4.69) is 46.2 Å². The van der Waals surface area contributed by atoms with Crippen molar-refractivity contribution in [3.8, 4) is 0 Å². The molecule has 3 fully saturated rings. The van der Waals surface area contributed by atoms with E-state index in [4.69, 9.17) is 19.7 Å². The number of piperidine rings is 1. The van der Waals surface area contributed by atoms with Crippen LogP contribution in [0.2, 0.25) is 0 Å². The number of fused-ring (bicyclic) bond motifs is 1. The van der Waals surface area contributed by atoms with Gasteiger partial charge in [0.2, 0.25) is 5.95 Å². The molecule has 0 aliphatic carbocycles. The average Bonchev–Trinajstić information content (AvgIpc) is 2.85. The Morgan fingerprint density at radius 3 is 2.50 bits per heavy atom. The number of hydrogen-bond donors (Lipinski definition) is 1. The maximum atomic E-state index is 5.51. The van der Waals surface area contributed by atoms with Crippen LogP contribution in [0.25, 0.3) is 10.8 Å². The van der Waals surface area contributed by atoms with E-state index in [1.165, 1.54) is 30.2 Å². The summed E-state index contributed by atoms with van der Waals surface area (Å²) in [6, 6.07) is 4.07. The van der Waals surface area contributed by atoms with Gasteiger partial charge in [-0.3, -0.25) is 0 Å². The number of aromatic nitrogens is 4. The number of ether oxygens (including phenoxy) is 1. The summed E-state index contributed by atoms with van der Waals surface area (Å²) in [4.78, 5) is 23.6. The van der Waals surface area contributed by atoms with Gasteiger partial charge in [0, 0.05) is 55.6 Å². The monoisotopic (exact) mass is 489 g/mol. The highest BCUT2D eigenvalue weighted by Crippen LogP contribution is 2.36. The molecule has 3 saturated heterocycles. The van der Waals surface area contributed by atoms with Gasteiger partial charge in [0.05, 0.1) is 13.2 Å². The first kappa shape index (κ1) is 24.7. The van der Waals surface area contributed by atoms with Crippen LogP contribution in [0.4, 0.5) is 23.4 Å². The first-order valence-electron chi connectivity index (χ1n) is 13.5. The SMILES string of the molecule is CC.CC1CCCN(c2nccc(Nc3cc4c(CC5(C)COC5)cnc(N5CCC5)c4cn3)n2)C1. The van der Waals surface area contributed by atoms with Gasteiger partial charge in [-0.2, -0.15) is 4.98 Å². The minimum absolute atomic E-state index is 0.177. The summed E-state index contributed by atoms with van der Waals surface area (Å²) in [5, 5.41) is 5.77. The lowest BCUT2D eigenvalue weighted by atomic mass is 9.81. The molecule has 0 saturated carbocycles. The smallest absolute Gasteiger partial charge is 0.227 e. The van der Waals surface area contributed by atoms with Gasteiger partial charge >= 0.3 is 0 Å². The van der Waals surface area contributed by atoms with E-state index in [1.807, 2.05) is 32.3 Å². The normalized spacial score (nSPS) is 20.7. The van der Waals surface area contributed by atoms with Crippen LogP contribution in [-0.2, 0) is 11.2 Å². The lowest BCUT2D eigenvalue weighted by Crippen LogP contribution is -2.41. The molecule has 3 aliphatic heterocycles. The number of rotatable bonds is 6. The molecule has 8 nitrogen and oxygen atoms in total. The van der Waals surface area contributed by atoms with Crippen LogP contribution >= 0.6 is 0 Å². The van der Waals surface area contributed by atoms with Crippen molar-refractivity contribution in [3.05, 3.63) is 36.3 Å². The first-order chi connectivity index (χ1) is 17.6. The molecule has 0 radical (unpaired) electrons. The Kier molecular flexibility index (Phi) is 7.23. The largest absolute Gasteiger partial charge is 0.380 e. The third-order valence-corrected chi connectivity index (χ3v) is 7.35. The van der Waals surface area contributed by atoms with Gasteiger partial charge in [-0.25, -0.2) is 15.0 Å². The van der Waals surface area contributed by atoms with Gasteiger partial charge in [0.15, 0.2) is 0 Å². The second-order valence-corrected chi connectivity index (χ2v) is 10.6. The number of hydrogen-bond acceptors (Lipinski definition) is 8. The maximum absolute atomic E-state index is 5.51. The molecule has 1 atom stereocenters. The molecule has 36 heavy (non-hydrogen) atoms. The van der Waals surface area contributed by atoms with E-state index in [-0.39, 0.29) is 5.41 Å². The van der Waals surface area contributed by atoms with E-state index in [0.29, 0.717) is 5.92 Å². The molecule has 0 aromatic carbocycles. The summed E-state index contributed by atoms with van der Waals surface area (Å²) < 4.78 is 5.51. The Bertz CT molecular complexity index is 1190. The van der Waals surface area contributed by atoms with Crippen molar-refractivity contribution in [2.45, 2.75) is 53.4 Å². The van der Waals surface area contributed by atoms with Crippen molar-refractivity contribution < 1.29 is 4.74 Å². The molecule has 0 spiro atoms. The van der Waals surface area contributed by atoms with E-state index >= 15 is 0 Å². The fraction of sp³-hybridized carbons (Fsp3) is 0.571. The molecule has 1 N–H and O–H groups in total. The fourth-order valence-corrected chi connectivity index (χ4v) is 5.25. The predicted octanol–water partition coefficient (Wildman–Crippen LogP) is 5.22. The Morgan fingerprint density at radius 1 is 1.00 bits per heavy atom. The highest BCUT2D eigenvalue weighted by Gasteiger charge is 2.34. The standard InChI is InChI=1S/C26H33N7O.C2H6/c1-18-5-3-8-33(15-18)25-27-7-6-22(31-25)30-23-11-20-19(12-26(2)16-34-17-26)13-29-24(21(20)14-28-23)32-9-4-10-32;1-2/h6-7,11,13-14,18H,3-5,8-10,12,15-17H2,1-2H3,(H,27,28,30,31);1-2H3. The van der Waals surface area contributed by atoms with Crippen LogP contribution in [0, 0.1) is 11.3 Å². The molecule has 1 unspecified atom stereocenters. The predicted molar refractivity (Wildman–Crippen MR) is 146 cm³/mol. The zero-order valence-corrected chi connectivity index (χ0v) is 22.1. The molecular weight excluding hydrogens is 450 g/mol. The van der Waals surface area contributed by atoms with E-state index in [0.717, 1.165) is 74.6 Å². The molecule has 0 amide bonds. The van der Waals surface area contributed by atoms with Crippen LogP contribution in [-0.4, -0.2) is 59.3 Å². The fourth-order valence-electron chi connectivity index (χ4n) is 5.25. The third-order valence-electron chi connectivity index (χ3n) is 7.35. The summed E-state index contributed by atoms with van der Waals surface area (Å²) in [5.74, 6) is 4.07. The van der Waals surface area contributed by atoms with E-state index < -0.39 is 0 Å². The van der Waals surface area contributed by atoms with Crippen molar-refractivity contribution in [2.24, 2.45) is 11.3 Å². The highest BCUT2D eigenvalue weighted by molar-refractivity contribution is 5.95. The lowest BCUT2D eigenvalue weighted by Gasteiger charge is -2.38. The van der Waals surface area contributed by atoms with E-state index in [1.54, 1.807) is 0 Å². The molecule has 3 aromatic rings. The van der Waals surface area contributed by atoms with Crippen molar-refractivity contribution in [3.63, 3.8) is 0 Å². The topological polar surface area (TPSA) is 79.3 Å². The molecule has 3 aromatic heterocycles. The second kappa shape index (κ2) is 10.5. The number of pyridine rings is 2. The minimum atomic E-state index is 0.177. The van der Waals surface area contributed by atoms with E-state index in [9.17, 15) is 0 Å². The van der Waals surface area contributed by atoms with Gasteiger partial charge < -0.3 is 19.9 Å². The summed E-state index contributed by atoms with van der Waals surface area (Å²) in [7, 11) is 0. The molecule has 6 rings (SSSR count). The van der Waals surface area contributed by atoms with Crippen molar-refractivity contribution in [1.82, 2.24) is 19.9 Å². The maximum Gasteiger partial charge on any atom is 0.227 e. The Balaban J connectivity index is 0.00000130. The molecule has 192 valence electrons. The first-order valence-corrected chi connectivity index (χ1v) is 13.5. The van der Waals surface area contributed by atoms with Crippen LogP contribution in [0.5, 0.6) is 0 Å². The zero-order valence-electron chi connectivity index (χ0n) is 22.1. The summed E-state index contributed by atoms with van der Waals surface area (Å²) in [5.41, 5.74) is 1.43. The van der Waals surface area contributed by atoms with Crippen LogP contribution in [0.3, 0.4) is 0 Å². The summed E-state index contributed by atoms with van der Waals surface area (Å²) in [6.07, 6.45) is 10.5. The summed E-state index contributed by atoms with van der Waals surface area (Å²) >= 11 is 0. The van der Waals surface area contributed by atoms with Crippen LogP contribution in [0.1, 0.15) is 52.5 Å². The third kappa shape index (κ3) is 5.09. The Hall–Kier alpha value is -3.00. The lowest BCUT2D eigenvalue weighted by molar-refractivity contribution is -0.100. The summed E-state index contributed by atoms with van der Waals surface area (Å²) in [6.45, 7) is 14.3. The van der Waals surface area contributed by atoms with Crippen molar-refractivity contribution in [2.75, 3.05) is 54.5 Å². The Morgan fingerprint density at radius 2 is 1.81 bits per heavy atom. The molecule has 3 aliphatic rings. The van der Waals surface area contributed by atoms with Crippen molar-refractivity contribution >= 4 is 34.2 Å². The van der Waals surface area contributed by atoms with Gasteiger partial charge in [-0.05, 0) is 54.7 Å². The zero-order chi connectivity index (χ0) is 25.1. The number of nitrogens with one attached hydrogen (secondary N) is 1. The second-order valence-electron chi connectivity index (χ2n) is 10.6. The van der Waals surface area contributed by atoms with Gasteiger partial charge in [-0.15, -0.1) is 0 Å². The molecule has 8 heteroatoms. The average molecular weight is 490 g/mol. The number of nitrogens with zero attached hydrogens (tertiary/aromatic N) is 6. The van der Waals surface area contributed by atoms with Gasteiger partial charge in [0.25, 0.3) is 0 Å². The highest BCUT2D eigenvalue weighted by atomic mass is 16.5.